The van der Waals surface area contributed by atoms with E-state index in [2.05, 4.69) is 5.32 Å². The van der Waals surface area contributed by atoms with Crippen molar-refractivity contribution in [2.45, 2.75) is 6.92 Å². The number of carbonyl (C=O) groups is 1. The molecule has 7 heteroatoms. The molecule has 0 saturated heterocycles. The molecule has 0 aliphatic rings. The van der Waals surface area contributed by atoms with Crippen LogP contribution in [0.25, 0.3) is 27.7 Å². The third-order valence-corrected chi connectivity index (χ3v) is 4.97. The smallest absolute Gasteiger partial charge is 0.244 e. The Balaban J connectivity index is 2.08. The molecule has 1 aromatic heterocycles. The summed E-state index contributed by atoms with van der Waals surface area (Å²) in [5.74, 6) is 1.83. The number of ether oxygens (including phenoxy) is 4. The number of methoxy groups -OCH3 is 4. The van der Waals surface area contributed by atoms with E-state index in [1.807, 2.05) is 37.3 Å². The first kappa shape index (κ1) is 22.2. The van der Waals surface area contributed by atoms with Gasteiger partial charge < -0.3 is 28.7 Å². The molecule has 1 heterocycles. The number of fused-ring (bicyclic) bond motifs is 1. The SMILES string of the molecule is COCCNC(=O)/C=C(\C)c1cc2c(-c3cc(OC)ccc3OC)coc2cc1OC. The molecule has 7 nitrogen and oxygen atoms in total. The molecule has 1 amide bonds. The summed E-state index contributed by atoms with van der Waals surface area (Å²) in [4.78, 5) is 12.2. The largest absolute Gasteiger partial charge is 0.497 e. The van der Waals surface area contributed by atoms with Gasteiger partial charge in [-0.2, -0.15) is 0 Å². The quantitative estimate of drug-likeness (QED) is 0.407. The minimum atomic E-state index is -0.196. The Labute approximate surface area is 181 Å². The zero-order chi connectivity index (χ0) is 22.4. The zero-order valence-electron chi connectivity index (χ0n) is 18.4. The summed E-state index contributed by atoms with van der Waals surface area (Å²) in [5.41, 5.74) is 3.92. The Morgan fingerprint density at radius 1 is 1.00 bits per heavy atom. The minimum Gasteiger partial charge on any atom is -0.497 e. The van der Waals surface area contributed by atoms with E-state index in [-0.39, 0.29) is 5.91 Å². The highest BCUT2D eigenvalue weighted by Crippen LogP contribution is 2.41. The van der Waals surface area contributed by atoms with E-state index in [1.165, 1.54) is 0 Å². The Hall–Kier alpha value is -3.45. The molecule has 0 spiro atoms. The van der Waals surface area contributed by atoms with Crippen molar-refractivity contribution in [3.05, 3.63) is 48.2 Å². The molecule has 0 saturated carbocycles. The van der Waals surface area contributed by atoms with Crippen LogP contribution in [0.5, 0.6) is 17.2 Å². The fourth-order valence-corrected chi connectivity index (χ4v) is 3.37. The highest BCUT2D eigenvalue weighted by molar-refractivity contribution is 6.01. The first-order chi connectivity index (χ1) is 15.0. The highest BCUT2D eigenvalue weighted by Gasteiger charge is 2.17. The summed E-state index contributed by atoms with van der Waals surface area (Å²) in [6, 6.07) is 9.38. The van der Waals surface area contributed by atoms with Crippen molar-refractivity contribution in [3.63, 3.8) is 0 Å². The number of rotatable bonds is 9. The van der Waals surface area contributed by atoms with Crippen molar-refractivity contribution in [1.82, 2.24) is 5.32 Å². The number of amides is 1. The van der Waals surface area contributed by atoms with Crippen molar-refractivity contribution >= 4 is 22.4 Å². The second-order valence-corrected chi connectivity index (χ2v) is 6.88. The molecule has 3 aromatic rings. The molecule has 0 fully saturated rings. The predicted octanol–water partition coefficient (Wildman–Crippen LogP) is 4.29. The van der Waals surface area contributed by atoms with E-state index in [1.54, 1.807) is 40.8 Å². The van der Waals surface area contributed by atoms with E-state index >= 15 is 0 Å². The van der Waals surface area contributed by atoms with E-state index in [4.69, 9.17) is 23.4 Å². The van der Waals surface area contributed by atoms with Gasteiger partial charge in [0.2, 0.25) is 5.91 Å². The van der Waals surface area contributed by atoms with Gasteiger partial charge in [-0.05, 0) is 36.8 Å². The summed E-state index contributed by atoms with van der Waals surface area (Å²) in [6.07, 6.45) is 3.23. The van der Waals surface area contributed by atoms with Crippen LogP contribution in [0.4, 0.5) is 0 Å². The predicted molar refractivity (Wildman–Crippen MR) is 120 cm³/mol. The molecule has 164 valence electrons. The van der Waals surface area contributed by atoms with Crippen LogP contribution in [0.3, 0.4) is 0 Å². The normalized spacial score (nSPS) is 11.5. The molecular weight excluding hydrogens is 398 g/mol. The lowest BCUT2D eigenvalue weighted by Crippen LogP contribution is -2.25. The Kier molecular flexibility index (Phi) is 7.20. The average Bonchev–Trinajstić information content (AvgIpc) is 3.20. The van der Waals surface area contributed by atoms with Gasteiger partial charge in [0.1, 0.15) is 22.8 Å². The van der Waals surface area contributed by atoms with Crippen LogP contribution in [0.1, 0.15) is 12.5 Å². The average molecular weight is 425 g/mol. The number of hydrogen-bond donors (Lipinski definition) is 1. The molecule has 31 heavy (non-hydrogen) atoms. The maximum absolute atomic E-state index is 12.2. The van der Waals surface area contributed by atoms with Crippen LogP contribution >= 0.6 is 0 Å². The van der Waals surface area contributed by atoms with Crippen molar-refractivity contribution < 1.29 is 28.2 Å². The van der Waals surface area contributed by atoms with Crippen molar-refractivity contribution in [3.8, 4) is 28.4 Å². The van der Waals surface area contributed by atoms with Crippen molar-refractivity contribution in [2.75, 3.05) is 41.6 Å². The van der Waals surface area contributed by atoms with E-state index in [0.717, 1.165) is 27.6 Å². The van der Waals surface area contributed by atoms with Crippen LogP contribution in [-0.4, -0.2) is 47.5 Å². The van der Waals surface area contributed by atoms with Gasteiger partial charge in [0, 0.05) is 47.9 Å². The van der Waals surface area contributed by atoms with Gasteiger partial charge in [0.05, 0.1) is 34.2 Å². The van der Waals surface area contributed by atoms with Gasteiger partial charge in [-0.1, -0.05) is 0 Å². The number of benzene rings is 2. The van der Waals surface area contributed by atoms with Crippen molar-refractivity contribution in [1.29, 1.82) is 0 Å². The third-order valence-electron chi connectivity index (χ3n) is 4.97. The van der Waals surface area contributed by atoms with Gasteiger partial charge in [-0.15, -0.1) is 0 Å². The van der Waals surface area contributed by atoms with Gasteiger partial charge in [0.15, 0.2) is 0 Å². The second kappa shape index (κ2) is 10.0. The summed E-state index contributed by atoms with van der Waals surface area (Å²) in [7, 11) is 6.42. The van der Waals surface area contributed by atoms with Crippen LogP contribution in [0.2, 0.25) is 0 Å². The first-order valence-corrected chi connectivity index (χ1v) is 9.79. The lowest BCUT2D eigenvalue weighted by atomic mass is 9.98. The number of nitrogens with one attached hydrogen (secondary N) is 1. The molecule has 0 unspecified atom stereocenters. The van der Waals surface area contributed by atoms with Crippen LogP contribution in [0, 0.1) is 0 Å². The molecule has 2 aromatic carbocycles. The van der Waals surface area contributed by atoms with E-state index in [0.29, 0.717) is 36.0 Å². The Morgan fingerprint density at radius 2 is 1.77 bits per heavy atom. The van der Waals surface area contributed by atoms with Gasteiger partial charge in [-0.3, -0.25) is 4.79 Å². The fourth-order valence-electron chi connectivity index (χ4n) is 3.37. The molecule has 1 N–H and O–H groups in total. The van der Waals surface area contributed by atoms with Crippen LogP contribution in [0.15, 0.2) is 47.1 Å². The maximum Gasteiger partial charge on any atom is 0.244 e. The zero-order valence-corrected chi connectivity index (χ0v) is 18.4. The lowest BCUT2D eigenvalue weighted by Gasteiger charge is -2.12. The number of furan rings is 1. The standard InChI is InChI=1S/C24H27NO6/c1-15(10-24(26)25-8-9-27-2)17-12-19-20(14-31-23(19)13-22(17)30-5)18-11-16(28-3)6-7-21(18)29-4/h6-7,10-14H,8-9H2,1-5H3,(H,25,26)/b15-10+. The van der Waals surface area contributed by atoms with Gasteiger partial charge in [0.25, 0.3) is 0 Å². The number of allylic oxidation sites excluding steroid dienone is 1. The van der Waals surface area contributed by atoms with Crippen molar-refractivity contribution in [2.24, 2.45) is 0 Å². The van der Waals surface area contributed by atoms with E-state index in [9.17, 15) is 4.79 Å². The molecule has 0 atom stereocenters. The first-order valence-electron chi connectivity index (χ1n) is 9.79. The number of carbonyl (C=O) groups excluding carboxylic acids is 1. The summed E-state index contributed by atoms with van der Waals surface area (Å²) < 4.78 is 27.2. The summed E-state index contributed by atoms with van der Waals surface area (Å²) in [5, 5.41) is 3.66. The molecule has 0 bridgehead atoms. The molecule has 0 aliphatic carbocycles. The topological polar surface area (TPSA) is 79.2 Å². The minimum absolute atomic E-state index is 0.196. The van der Waals surface area contributed by atoms with Crippen LogP contribution in [-0.2, 0) is 9.53 Å². The van der Waals surface area contributed by atoms with Crippen LogP contribution < -0.4 is 19.5 Å². The fraction of sp³-hybridized carbons (Fsp3) is 0.292. The maximum atomic E-state index is 12.2. The third kappa shape index (κ3) is 4.83. The van der Waals surface area contributed by atoms with E-state index < -0.39 is 0 Å². The van der Waals surface area contributed by atoms with Gasteiger partial charge >= 0.3 is 0 Å². The van der Waals surface area contributed by atoms with Gasteiger partial charge in [-0.25, -0.2) is 0 Å². The molecule has 3 rings (SSSR count). The Bertz CT molecular complexity index is 1100. The summed E-state index contributed by atoms with van der Waals surface area (Å²) >= 11 is 0. The molecular formula is C24H27NO6. The summed E-state index contributed by atoms with van der Waals surface area (Å²) in [6.45, 7) is 2.76. The Morgan fingerprint density at radius 3 is 2.45 bits per heavy atom. The monoisotopic (exact) mass is 425 g/mol. The molecule has 0 aliphatic heterocycles. The highest BCUT2D eigenvalue weighted by atomic mass is 16.5. The lowest BCUT2D eigenvalue weighted by molar-refractivity contribution is -0.116. The molecule has 0 radical (unpaired) electrons. The number of hydrogen-bond acceptors (Lipinski definition) is 6. The second-order valence-electron chi connectivity index (χ2n) is 6.88.